The monoisotopic (exact) mass is 387 g/mol. The highest BCUT2D eigenvalue weighted by molar-refractivity contribution is 6.00. The van der Waals surface area contributed by atoms with Gasteiger partial charge in [-0.05, 0) is 49.9 Å². The zero-order valence-electron chi connectivity index (χ0n) is 16.3. The first-order valence-corrected chi connectivity index (χ1v) is 9.84. The summed E-state index contributed by atoms with van der Waals surface area (Å²) >= 11 is 0. The van der Waals surface area contributed by atoms with E-state index in [9.17, 15) is 4.79 Å². The van der Waals surface area contributed by atoms with Gasteiger partial charge in [0.1, 0.15) is 11.9 Å². The molecular formula is C21H29N3O4. The summed E-state index contributed by atoms with van der Waals surface area (Å²) in [5.41, 5.74) is 5.56. The van der Waals surface area contributed by atoms with Gasteiger partial charge in [0, 0.05) is 31.6 Å². The Morgan fingerprint density at radius 3 is 2.82 bits per heavy atom. The number of nitrogens with one attached hydrogen (secondary N) is 2. The Kier molecular flexibility index (Phi) is 6.70. The van der Waals surface area contributed by atoms with Crippen molar-refractivity contribution in [3.8, 4) is 5.75 Å². The van der Waals surface area contributed by atoms with Crippen LogP contribution in [0, 0.1) is 5.92 Å². The van der Waals surface area contributed by atoms with E-state index in [-0.39, 0.29) is 12.5 Å². The second-order valence-electron chi connectivity index (χ2n) is 7.32. The number of benzene rings is 1. The van der Waals surface area contributed by atoms with Crippen LogP contribution in [0.5, 0.6) is 5.75 Å². The normalized spacial score (nSPS) is 23.6. The quantitative estimate of drug-likeness (QED) is 0.307. The van der Waals surface area contributed by atoms with Gasteiger partial charge in [-0.15, -0.1) is 6.58 Å². The Balaban J connectivity index is 1.70. The number of rotatable bonds is 11. The number of ether oxygens (including phenoxy) is 2. The van der Waals surface area contributed by atoms with Crippen LogP contribution in [0.2, 0.25) is 0 Å². The average molecular weight is 387 g/mol. The number of hydrazine groups is 1. The van der Waals surface area contributed by atoms with Gasteiger partial charge in [0.25, 0.3) is 5.91 Å². The van der Waals surface area contributed by atoms with E-state index in [0.717, 1.165) is 12.1 Å². The molecule has 1 aliphatic heterocycles. The number of aliphatic hydroxyl groups excluding tert-OH is 1. The van der Waals surface area contributed by atoms with Crippen molar-refractivity contribution in [2.75, 3.05) is 19.8 Å². The smallest absolute Gasteiger partial charge is 0.266 e. The molecule has 0 saturated heterocycles. The molecular weight excluding hydrogens is 358 g/mol. The lowest BCUT2D eigenvalue weighted by Gasteiger charge is -2.26. The molecule has 0 unspecified atom stereocenters. The van der Waals surface area contributed by atoms with Crippen molar-refractivity contribution in [2.24, 2.45) is 10.9 Å². The fourth-order valence-electron chi connectivity index (χ4n) is 3.11. The second-order valence-corrected chi connectivity index (χ2v) is 7.32. The highest BCUT2D eigenvalue weighted by atomic mass is 16.5. The molecule has 3 N–H and O–H groups in total. The van der Waals surface area contributed by atoms with Crippen LogP contribution in [0.4, 0.5) is 0 Å². The van der Waals surface area contributed by atoms with Crippen LogP contribution in [0.1, 0.15) is 38.2 Å². The highest BCUT2D eigenvalue weighted by Gasteiger charge is 2.49. The van der Waals surface area contributed by atoms with E-state index in [4.69, 9.17) is 14.6 Å². The molecule has 1 aromatic carbocycles. The van der Waals surface area contributed by atoms with Crippen molar-refractivity contribution in [3.63, 3.8) is 0 Å². The molecule has 0 spiro atoms. The van der Waals surface area contributed by atoms with E-state index in [1.165, 1.54) is 12.8 Å². The van der Waals surface area contributed by atoms with E-state index in [2.05, 4.69) is 22.4 Å². The van der Waals surface area contributed by atoms with Crippen LogP contribution in [-0.2, 0) is 9.53 Å². The predicted molar refractivity (Wildman–Crippen MR) is 107 cm³/mol. The zero-order chi connectivity index (χ0) is 20.0. The summed E-state index contributed by atoms with van der Waals surface area (Å²) in [4.78, 5) is 17.6. The number of carbonyl (C=O) groups is 1. The molecule has 1 saturated carbocycles. The molecule has 28 heavy (non-hydrogen) atoms. The molecule has 1 aliphatic carbocycles. The average Bonchev–Trinajstić information content (AvgIpc) is 3.46. The number of aliphatic imine (C=N–C) groups is 1. The largest absolute Gasteiger partial charge is 0.494 e. The van der Waals surface area contributed by atoms with Gasteiger partial charge in [0.2, 0.25) is 5.90 Å². The Morgan fingerprint density at radius 1 is 1.43 bits per heavy atom. The maximum atomic E-state index is 12.9. The van der Waals surface area contributed by atoms with Crippen molar-refractivity contribution in [1.82, 2.24) is 10.9 Å². The van der Waals surface area contributed by atoms with Gasteiger partial charge in [-0.1, -0.05) is 6.08 Å². The number of aliphatic hydroxyl groups is 1. The maximum absolute atomic E-state index is 12.9. The van der Waals surface area contributed by atoms with Crippen molar-refractivity contribution >= 4 is 11.8 Å². The lowest BCUT2D eigenvalue weighted by Crippen LogP contribution is -2.54. The molecule has 1 heterocycles. The first-order chi connectivity index (χ1) is 13.6. The fourth-order valence-corrected chi connectivity index (χ4v) is 3.11. The minimum atomic E-state index is -1.04. The molecule has 7 nitrogen and oxygen atoms in total. The molecule has 1 amide bonds. The molecule has 152 valence electrons. The van der Waals surface area contributed by atoms with Gasteiger partial charge in [0.05, 0.1) is 6.61 Å². The first-order valence-electron chi connectivity index (χ1n) is 9.84. The van der Waals surface area contributed by atoms with Crippen molar-refractivity contribution in [1.29, 1.82) is 0 Å². The van der Waals surface area contributed by atoms with Gasteiger partial charge in [-0.25, -0.2) is 10.4 Å². The van der Waals surface area contributed by atoms with E-state index < -0.39 is 11.6 Å². The third-order valence-corrected chi connectivity index (χ3v) is 5.07. The zero-order valence-corrected chi connectivity index (χ0v) is 16.3. The lowest BCUT2D eigenvalue weighted by molar-refractivity contribution is -0.129. The van der Waals surface area contributed by atoms with Crippen LogP contribution >= 0.6 is 0 Å². The fraction of sp³-hybridized carbons (Fsp3) is 0.524. The molecule has 1 aromatic rings. The molecule has 2 aliphatic rings. The van der Waals surface area contributed by atoms with E-state index in [1.807, 2.05) is 31.2 Å². The molecule has 0 aromatic heterocycles. The second kappa shape index (κ2) is 9.21. The van der Waals surface area contributed by atoms with Crippen LogP contribution < -0.4 is 15.6 Å². The van der Waals surface area contributed by atoms with E-state index in [1.54, 1.807) is 6.08 Å². The van der Waals surface area contributed by atoms with Crippen molar-refractivity contribution in [3.05, 3.63) is 42.5 Å². The Morgan fingerprint density at radius 2 is 2.18 bits per heavy atom. The minimum absolute atomic E-state index is 0.101. The van der Waals surface area contributed by atoms with Crippen molar-refractivity contribution < 1.29 is 19.4 Å². The molecule has 0 bridgehead atoms. The summed E-state index contributed by atoms with van der Waals surface area (Å²) in [7, 11) is 0. The van der Waals surface area contributed by atoms with Crippen molar-refractivity contribution in [2.45, 2.75) is 44.2 Å². The van der Waals surface area contributed by atoms with Gasteiger partial charge < -0.3 is 14.6 Å². The molecule has 2 atom stereocenters. The highest BCUT2D eigenvalue weighted by Crippen LogP contribution is 2.33. The van der Waals surface area contributed by atoms with Gasteiger partial charge in [-0.3, -0.25) is 10.2 Å². The Bertz CT molecular complexity index is 715. The number of amides is 1. The number of nitrogens with zero attached hydrogens (tertiary/aromatic N) is 1. The van der Waals surface area contributed by atoms with Crippen LogP contribution in [0.15, 0.2) is 41.9 Å². The number of hydrogen-bond donors (Lipinski definition) is 3. The Labute approximate surface area is 165 Å². The predicted octanol–water partition coefficient (Wildman–Crippen LogP) is 1.96. The molecule has 3 rings (SSSR count). The summed E-state index contributed by atoms with van der Waals surface area (Å²) in [6, 6.07) is 7.36. The van der Waals surface area contributed by atoms with Gasteiger partial charge in [0.15, 0.2) is 5.54 Å². The van der Waals surface area contributed by atoms with Gasteiger partial charge >= 0.3 is 0 Å². The summed E-state index contributed by atoms with van der Waals surface area (Å²) in [6.45, 7) is 6.98. The van der Waals surface area contributed by atoms with Gasteiger partial charge in [-0.2, -0.15) is 0 Å². The third-order valence-electron chi connectivity index (χ3n) is 5.07. The standard InChI is InChI=1S/C21H29N3O4/c1-3-11-21(20(26)24-22-14-16-5-6-16)15(2)28-19(23-21)17-7-9-18(10-8-17)27-13-4-12-25/h3,7-10,15-16,22,25H,1,4-6,11-14H2,2H3,(H,24,26)/t15-,21-/m0/s1. The number of hydrogen-bond acceptors (Lipinski definition) is 6. The van der Waals surface area contributed by atoms with E-state index >= 15 is 0 Å². The molecule has 7 heteroatoms. The molecule has 0 radical (unpaired) electrons. The van der Waals surface area contributed by atoms with Crippen LogP contribution in [0.25, 0.3) is 0 Å². The van der Waals surface area contributed by atoms with Crippen LogP contribution in [0.3, 0.4) is 0 Å². The lowest BCUT2D eigenvalue weighted by atomic mass is 9.90. The SMILES string of the molecule is C=CC[C@]1(C(=O)NNCC2CC2)N=C(c2ccc(OCCCO)cc2)O[C@H]1C. The third kappa shape index (κ3) is 4.72. The summed E-state index contributed by atoms with van der Waals surface area (Å²) in [5, 5.41) is 8.82. The topological polar surface area (TPSA) is 92.2 Å². The molecule has 1 fully saturated rings. The maximum Gasteiger partial charge on any atom is 0.266 e. The Hall–Kier alpha value is -2.38. The summed E-state index contributed by atoms with van der Waals surface area (Å²) in [5.74, 6) is 1.60. The summed E-state index contributed by atoms with van der Waals surface area (Å²) < 4.78 is 11.5. The number of carbonyl (C=O) groups excluding carboxylic acids is 1. The summed E-state index contributed by atoms with van der Waals surface area (Å²) in [6.07, 6.45) is 4.68. The first kappa shape index (κ1) is 20.4. The minimum Gasteiger partial charge on any atom is -0.494 e. The van der Waals surface area contributed by atoms with E-state index in [0.29, 0.717) is 37.0 Å². The van der Waals surface area contributed by atoms with Crippen LogP contribution in [-0.4, -0.2) is 48.3 Å².